The van der Waals surface area contributed by atoms with Crippen molar-refractivity contribution >= 4 is 18.3 Å². The van der Waals surface area contributed by atoms with Gasteiger partial charge in [-0.3, -0.25) is 4.79 Å². The number of nitrogens with zero attached hydrogens (tertiary/aromatic N) is 1. The van der Waals surface area contributed by atoms with Crippen LogP contribution in [0.25, 0.3) is 0 Å². The number of rotatable bonds is 7. The Morgan fingerprint density at radius 1 is 1.23 bits per heavy atom. The van der Waals surface area contributed by atoms with Gasteiger partial charge in [0.15, 0.2) is 0 Å². The molecule has 2 N–H and O–H groups in total. The first kappa shape index (κ1) is 21.5. The molecule has 0 bridgehead atoms. The van der Waals surface area contributed by atoms with Crippen molar-refractivity contribution in [2.24, 2.45) is 11.1 Å². The van der Waals surface area contributed by atoms with Crippen LogP contribution in [0.2, 0.25) is 0 Å². The molecule has 1 aliphatic carbocycles. The number of alkyl halides is 3. The molecule has 0 saturated heterocycles. The van der Waals surface area contributed by atoms with Gasteiger partial charge in [-0.25, -0.2) is 0 Å². The third-order valence-corrected chi connectivity index (χ3v) is 4.38. The van der Waals surface area contributed by atoms with Gasteiger partial charge in [0.05, 0.1) is 0 Å². The van der Waals surface area contributed by atoms with E-state index < -0.39 is 18.6 Å². The highest BCUT2D eigenvalue weighted by molar-refractivity contribution is 5.85. The van der Waals surface area contributed by atoms with Crippen LogP contribution in [0, 0.1) is 5.41 Å². The molecule has 22 heavy (non-hydrogen) atoms. The third kappa shape index (κ3) is 7.18. The molecule has 1 aliphatic rings. The van der Waals surface area contributed by atoms with Crippen LogP contribution in [-0.4, -0.2) is 36.6 Å². The van der Waals surface area contributed by atoms with Crippen LogP contribution < -0.4 is 5.73 Å². The number of halogens is 4. The molecule has 0 aromatic carbocycles. The monoisotopic (exact) mass is 344 g/mol. The Bertz CT molecular complexity index is 331. The van der Waals surface area contributed by atoms with Gasteiger partial charge in [-0.15, -0.1) is 12.4 Å². The summed E-state index contributed by atoms with van der Waals surface area (Å²) in [6.45, 7) is 1.31. The molecule has 0 aromatic heterocycles. The second-order valence-electron chi connectivity index (χ2n) is 6.23. The highest BCUT2D eigenvalue weighted by Gasteiger charge is 2.37. The molecule has 0 atom stereocenters. The quantitative estimate of drug-likeness (QED) is 0.761. The fourth-order valence-corrected chi connectivity index (χ4v) is 3.04. The summed E-state index contributed by atoms with van der Waals surface area (Å²) in [7, 11) is 0. The van der Waals surface area contributed by atoms with Crippen LogP contribution >= 0.6 is 12.4 Å². The first-order chi connectivity index (χ1) is 9.82. The van der Waals surface area contributed by atoms with Crippen LogP contribution in [0.1, 0.15) is 58.3 Å². The lowest BCUT2D eigenvalue weighted by atomic mass is 9.71. The van der Waals surface area contributed by atoms with Gasteiger partial charge in [-0.1, -0.05) is 32.6 Å². The molecule has 1 saturated carbocycles. The van der Waals surface area contributed by atoms with Gasteiger partial charge >= 0.3 is 6.18 Å². The van der Waals surface area contributed by atoms with Crippen LogP contribution in [0.3, 0.4) is 0 Å². The summed E-state index contributed by atoms with van der Waals surface area (Å²) in [6, 6.07) is 0. The average molecular weight is 345 g/mol. The van der Waals surface area contributed by atoms with Crippen LogP contribution in [0.15, 0.2) is 0 Å². The van der Waals surface area contributed by atoms with E-state index in [2.05, 4.69) is 0 Å². The summed E-state index contributed by atoms with van der Waals surface area (Å²) >= 11 is 0. The van der Waals surface area contributed by atoms with E-state index in [9.17, 15) is 18.0 Å². The number of amides is 1. The smallest absolute Gasteiger partial charge is 0.334 e. The zero-order chi connectivity index (χ0) is 15.9. The van der Waals surface area contributed by atoms with Crippen molar-refractivity contribution in [2.75, 3.05) is 19.6 Å². The van der Waals surface area contributed by atoms with Crippen molar-refractivity contribution in [1.82, 2.24) is 4.90 Å². The molecular weight excluding hydrogens is 317 g/mol. The SMILES string of the molecule is CCCCN(CC(F)(F)F)C(=O)CC1(CN)CCCCC1.Cl. The lowest BCUT2D eigenvalue weighted by Crippen LogP contribution is -2.44. The zero-order valence-corrected chi connectivity index (χ0v) is 14.1. The van der Waals surface area contributed by atoms with E-state index in [1.54, 1.807) is 0 Å². The number of carbonyl (C=O) groups excluding carboxylic acids is 1. The summed E-state index contributed by atoms with van der Waals surface area (Å²) in [5.74, 6) is -0.395. The minimum atomic E-state index is -4.34. The number of hydrogen-bond donors (Lipinski definition) is 1. The molecule has 0 heterocycles. The van der Waals surface area contributed by atoms with E-state index in [0.717, 1.165) is 43.4 Å². The van der Waals surface area contributed by atoms with Crippen molar-refractivity contribution < 1.29 is 18.0 Å². The minimum Gasteiger partial charge on any atom is -0.334 e. The van der Waals surface area contributed by atoms with E-state index in [1.807, 2.05) is 6.92 Å². The fourth-order valence-electron chi connectivity index (χ4n) is 3.04. The van der Waals surface area contributed by atoms with Gasteiger partial charge in [-0.05, 0) is 31.2 Å². The Balaban J connectivity index is 0.00000441. The van der Waals surface area contributed by atoms with Crippen molar-refractivity contribution in [3.05, 3.63) is 0 Å². The molecule has 0 aromatic rings. The van der Waals surface area contributed by atoms with Gasteiger partial charge in [0.2, 0.25) is 5.91 Å². The first-order valence-electron chi connectivity index (χ1n) is 7.86. The molecule has 0 radical (unpaired) electrons. The zero-order valence-electron chi connectivity index (χ0n) is 13.3. The first-order valence-corrected chi connectivity index (χ1v) is 7.86. The highest BCUT2D eigenvalue weighted by atomic mass is 35.5. The van der Waals surface area contributed by atoms with Gasteiger partial charge in [0.25, 0.3) is 0 Å². The molecular formula is C15H28ClF3N2O. The Kier molecular flexibility index (Phi) is 9.39. The predicted molar refractivity (Wildman–Crippen MR) is 84.0 cm³/mol. The molecule has 3 nitrogen and oxygen atoms in total. The molecule has 0 aliphatic heterocycles. The summed E-state index contributed by atoms with van der Waals surface area (Å²) in [6.07, 6.45) is 2.03. The Hall–Kier alpha value is -0.490. The topological polar surface area (TPSA) is 46.3 Å². The van der Waals surface area contributed by atoms with E-state index in [-0.39, 0.29) is 30.8 Å². The Morgan fingerprint density at radius 3 is 2.27 bits per heavy atom. The number of hydrogen-bond acceptors (Lipinski definition) is 2. The second kappa shape index (κ2) is 9.60. The summed E-state index contributed by atoms with van der Waals surface area (Å²) in [5.41, 5.74) is 5.53. The third-order valence-electron chi connectivity index (χ3n) is 4.38. The second-order valence-corrected chi connectivity index (χ2v) is 6.23. The highest BCUT2D eigenvalue weighted by Crippen LogP contribution is 2.39. The fraction of sp³-hybridized carbons (Fsp3) is 0.933. The molecule has 1 amide bonds. The van der Waals surface area contributed by atoms with E-state index >= 15 is 0 Å². The number of unbranched alkanes of at least 4 members (excludes halogenated alkanes) is 1. The average Bonchev–Trinajstić information content (AvgIpc) is 2.43. The molecule has 1 fully saturated rings. The van der Waals surface area contributed by atoms with E-state index in [4.69, 9.17) is 5.73 Å². The molecule has 1 rings (SSSR count). The van der Waals surface area contributed by atoms with E-state index in [1.165, 1.54) is 0 Å². The maximum Gasteiger partial charge on any atom is 0.406 e. The van der Waals surface area contributed by atoms with Crippen LogP contribution in [0.5, 0.6) is 0 Å². The predicted octanol–water partition coefficient (Wildman–Crippen LogP) is 3.90. The standard InChI is InChI=1S/C15H27F3N2O.ClH/c1-2-3-9-20(12-15(16,17)18)13(21)10-14(11-19)7-5-4-6-8-14;/h2-12,19H2,1H3;1H. The summed E-state index contributed by atoms with van der Waals surface area (Å²) in [4.78, 5) is 13.3. The molecule has 132 valence electrons. The van der Waals surface area contributed by atoms with Crippen molar-refractivity contribution in [1.29, 1.82) is 0 Å². The summed E-state index contributed by atoms with van der Waals surface area (Å²) < 4.78 is 37.9. The Morgan fingerprint density at radius 2 is 1.82 bits per heavy atom. The van der Waals surface area contributed by atoms with Crippen molar-refractivity contribution in [3.63, 3.8) is 0 Å². The van der Waals surface area contributed by atoms with Crippen molar-refractivity contribution in [2.45, 2.75) is 64.5 Å². The molecule has 0 spiro atoms. The van der Waals surface area contributed by atoms with E-state index in [0.29, 0.717) is 13.0 Å². The van der Waals surface area contributed by atoms with Gasteiger partial charge in [-0.2, -0.15) is 13.2 Å². The Labute approximate surface area is 137 Å². The van der Waals surface area contributed by atoms with Crippen LogP contribution in [0.4, 0.5) is 13.2 Å². The van der Waals surface area contributed by atoms with Gasteiger partial charge in [0.1, 0.15) is 6.54 Å². The van der Waals surface area contributed by atoms with Crippen LogP contribution in [-0.2, 0) is 4.79 Å². The summed E-state index contributed by atoms with van der Waals surface area (Å²) in [5, 5.41) is 0. The maximum atomic E-state index is 12.6. The minimum absolute atomic E-state index is 0. The number of carbonyl (C=O) groups is 1. The lowest BCUT2D eigenvalue weighted by molar-refractivity contribution is -0.163. The normalized spacial score (nSPS) is 17.7. The largest absolute Gasteiger partial charge is 0.406 e. The number of nitrogens with two attached hydrogens (primary N) is 1. The maximum absolute atomic E-state index is 12.6. The van der Waals surface area contributed by atoms with Gasteiger partial charge < -0.3 is 10.6 Å². The molecule has 0 unspecified atom stereocenters. The van der Waals surface area contributed by atoms with Gasteiger partial charge in [0, 0.05) is 13.0 Å². The molecule has 7 heteroatoms. The van der Waals surface area contributed by atoms with Crippen molar-refractivity contribution in [3.8, 4) is 0 Å². The lowest BCUT2D eigenvalue weighted by Gasteiger charge is -2.37.